The van der Waals surface area contributed by atoms with Crippen LogP contribution in [0.15, 0.2) is 12.1 Å². The first kappa shape index (κ1) is 15.0. The summed E-state index contributed by atoms with van der Waals surface area (Å²) in [5.41, 5.74) is 1.07. The number of rotatable bonds is 8. The second kappa shape index (κ2) is 8.11. The summed E-state index contributed by atoms with van der Waals surface area (Å²) in [6, 6.07) is 3.80. The average molecular weight is 271 g/mol. The smallest absolute Gasteiger partial charge is 0.164 e. The molecular formula is C13H21NO3S. The van der Waals surface area contributed by atoms with Crippen molar-refractivity contribution in [2.24, 2.45) is 0 Å². The predicted octanol–water partition coefficient (Wildman–Crippen LogP) is 2.17. The van der Waals surface area contributed by atoms with Gasteiger partial charge in [-0.25, -0.2) is 0 Å². The number of ether oxygens (including phenoxy) is 3. The third-order valence-electron chi connectivity index (χ3n) is 2.59. The number of hydrogen-bond acceptors (Lipinski definition) is 5. The maximum absolute atomic E-state index is 5.36. The normalized spacial score (nSPS) is 10.2. The minimum atomic E-state index is 0.683. The number of thioether (sulfide) groups is 1. The van der Waals surface area contributed by atoms with E-state index < -0.39 is 0 Å². The van der Waals surface area contributed by atoms with Crippen LogP contribution in [0.4, 0.5) is 0 Å². The number of hydrogen-bond donors (Lipinski definition) is 1. The zero-order chi connectivity index (χ0) is 13.4. The molecule has 1 N–H and O–H groups in total. The van der Waals surface area contributed by atoms with E-state index in [1.165, 1.54) is 0 Å². The Morgan fingerprint density at radius 1 is 1.00 bits per heavy atom. The quantitative estimate of drug-likeness (QED) is 0.734. The molecule has 0 atom stereocenters. The molecule has 0 fully saturated rings. The third-order valence-corrected chi connectivity index (χ3v) is 3.20. The van der Waals surface area contributed by atoms with Gasteiger partial charge in [0.1, 0.15) is 5.75 Å². The molecule has 1 aromatic rings. The van der Waals surface area contributed by atoms with Crippen LogP contribution in [0.2, 0.25) is 0 Å². The first-order valence-corrected chi connectivity index (χ1v) is 7.14. The molecule has 5 heteroatoms. The Kier molecular flexibility index (Phi) is 6.75. The lowest BCUT2D eigenvalue weighted by atomic mass is 10.1. The Labute approximate surface area is 113 Å². The number of nitrogens with one attached hydrogen (secondary N) is 1. The largest absolute Gasteiger partial charge is 0.496 e. The van der Waals surface area contributed by atoms with E-state index in [2.05, 4.69) is 11.6 Å². The van der Waals surface area contributed by atoms with Gasteiger partial charge in [-0.1, -0.05) is 0 Å². The lowest BCUT2D eigenvalue weighted by molar-refractivity contribution is 0.347. The lowest BCUT2D eigenvalue weighted by Gasteiger charge is -2.14. The Bertz CT molecular complexity index is 371. The summed E-state index contributed by atoms with van der Waals surface area (Å²) in [6.45, 7) is 1.72. The van der Waals surface area contributed by atoms with Crippen LogP contribution in [0.5, 0.6) is 17.2 Å². The molecule has 0 unspecified atom stereocenters. The summed E-state index contributed by atoms with van der Waals surface area (Å²) in [4.78, 5) is 0. The van der Waals surface area contributed by atoms with Crippen molar-refractivity contribution in [3.05, 3.63) is 17.7 Å². The van der Waals surface area contributed by atoms with Crippen molar-refractivity contribution in [2.75, 3.05) is 39.9 Å². The molecule has 0 aromatic heterocycles. The van der Waals surface area contributed by atoms with Gasteiger partial charge in [-0.3, -0.25) is 0 Å². The van der Waals surface area contributed by atoms with Gasteiger partial charge >= 0.3 is 0 Å². The maximum Gasteiger partial charge on any atom is 0.164 e. The van der Waals surface area contributed by atoms with E-state index in [4.69, 9.17) is 14.2 Å². The van der Waals surface area contributed by atoms with Gasteiger partial charge in [-0.15, -0.1) is 0 Å². The molecule has 102 valence electrons. The highest BCUT2D eigenvalue weighted by Gasteiger charge is 2.11. The molecule has 1 aromatic carbocycles. The molecule has 0 aliphatic carbocycles. The van der Waals surface area contributed by atoms with E-state index in [0.717, 1.165) is 35.9 Å². The Morgan fingerprint density at radius 2 is 1.61 bits per heavy atom. The van der Waals surface area contributed by atoms with Crippen LogP contribution in [0.3, 0.4) is 0 Å². The summed E-state index contributed by atoms with van der Waals surface area (Å²) >= 11 is 1.82. The van der Waals surface area contributed by atoms with Crippen LogP contribution in [-0.2, 0) is 6.54 Å². The van der Waals surface area contributed by atoms with Crippen LogP contribution in [0.25, 0.3) is 0 Å². The van der Waals surface area contributed by atoms with Crippen LogP contribution in [0, 0.1) is 0 Å². The van der Waals surface area contributed by atoms with Crippen molar-refractivity contribution in [1.29, 1.82) is 0 Å². The summed E-state index contributed by atoms with van der Waals surface area (Å²) in [5, 5.41) is 3.37. The molecule has 0 bridgehead atoms. The SMILES string of the molecule is COc1cc(OC)c(OC)cc1CNCCSC. The molecule has 0 aliphatic rings. The maximum atomic E-state index is 5.36. The van der Waals surface area contributed by atoms with E-state index >= 15 is 0 Å². The van der Waals surface area contributed by atoms with Crippen LogP contribution < -0.4 is 19.5 Å². The van der Waals surface area contributed by atoms with E-state index in [-0.39, 0.29) is 0 Å². The molecule has 4 nitrogen and oxygen atoms in total. The standard InChI is InChI=1S/C13H21NO3S/c1-15-11-8-13(17-3)12(16-2)7-10(11)9-14-5-6-18-4/h7-8,14H,5-6,9H2,1-4H3. The van der Waals surface area contributed by atoms with Gasteiger partial charge in [0.25, 0.3) is 0 Å². The van der Waals surface area contributed by atoms with Crippen LogP contribution >= 0.6 is 11.8 Å². The third kappa shape index (κ3) is 3.99. The minimum Gasteiger partial charge on any atom is -0.496 e. The lowest BCUT2D eigenvalue weighted by Crippen LogP contribution is -2.17. The van der Waals surface area contributed by atoms with E-state index in [1.54, 1.807) is 21.3 Å². The average Bonchev–Trinajstić information content (AvgIpc) is 2.42. The summed E-state index contributed by atoms with van der Waals surface area (Å²) < 4.78 is 15.9. The van der Waals surface area contributed by atoms with Crippen molar-refractivity contribution in [3.63, 3.8) is 0 Å². The summed E-state index contributed by atoms with van der Waals surface area (Å²) in [5.74, 6) is 3.31. The van der Waals surface area contributed by atoms with Crippen LogP contribution in [-0.4, -0.2) is 39.9 Å². The van der Waals surface area contributed by atoms with Gasteiger partial charge < -0.3 is 19.5 Å². The fourth-order valence-corrected chi connectivity index (χ4v) is 1.98. The number of methoxy groups -OCH3 is 3. The summed E-state index contributed by atoms with van der Waals surface area (Å²) in [7, 11) is 4.91. The predicted molar refractivity (Wildman–Crippen MR) is 76.2 cm³/mol. The Hall–Kier alpha value is -1.07. The fourth-order valence-electron chi connectivity index (χ4n) is 1.63. The first-order chi connectivity index (χ1) is 8.76. The first-order valence-electron chi connectivity index (χ1n) is 5.75. The van der Waals surface area contributed by atoms with Gasteiger partial charge in [0, 0.05) is 30.5 Å². The van der Waals surface area contributed by atoms with Gasteiger partial charge in [0.05, 0.1) is 21.3 Å². The molecule has 0 amide bonds. The molecule has 0 radical (unpaired) electrons. The van der Waals surface area contributed by atoms with Crippen molar-refractivity contribution in [1.82, 2.24) is 5.32 Å². The van der Waals surface area contributed by atoms with Gasteiger partial charge in [0.2, 0.25) is 0 Å². The molecule has 0 saturated heterocycles. The zero-order valence-electron chi connectivity index (χ0n) is 11.4. The van der Waals surface area contributed by atoms with E-state index in [9.17, 15) is 0 Å². The second-order valence-electron chi connectivity index (χ2n) is 3.69. The van der Waals surface area contributed by atoms with Crippen molar-refractivity contribution in [3.8, 4) is 17.2 Å². The molecular weight excluding hydrogens is 250 g/mol. The van der Waals surface area contributed by atoms with Crippen molar-refractivity contribution in [2.45, 2.75) is 6.54 Å². The van der Waals surface area contributed by atoms with E-state index in [1.807, 2.05) is 23.9 Å². The minimum absolute atomic E-state index is 0.683. The zero-order valence-corrected chi connectivity index (χ0v) is 12.2. The van der Waals surface area contributed by atoms with E-state index in [0.29, 0.717) is 5.75 Å². The summed E-state index contributed by atoms with van der Waals surface area (Å²) in [6.07, 6.45) is 2.10. The van der Waals surface area contributed by atoms with Gasteiger partial charge in [-0.05, 0) is 12.3 Å². The van der Waals surface area contributed by atoms with Crippen LogP contribution in [0.1, 0.15) is 5.56 Å². The Balaban J connectivity index is 2.81. The highest BCUT2D eigenvalue weighted by molar-refractivity contribution is 7.98. The molecule has 1 rings (SSSR count). The van der Waals surface area contributed by atoms with Crippen molar-refractivity contribution >= 4 is 11.8 Å². The van der Waals surface area contributed by atoms with Gasteiger partial charge in [0.15, 0.2) is 11.5 Å². The molecule has 0 spiro atoms. The van der Waals surface area contributed by atoms with Gasteiger partial charge in [-0.2, -0.15) is 11.8 Å². The monoisotopic (exact) mass is 271 g/mol. The number of benzene rings is 1. The molecule has 0 saturated carbocycles. The molecule has 18 heavy (non-hydrogen) atoms. The molecule has 0 heterocycles. The molecule has 0 aliphatic heterocycles. The van der Waals surface area contributed by atoms with Crippen molar-refractivity contribution < 1.29 is 14.2 Å². The highest BCUT2D eigenvalue weighted by atomic mass is 32.2. The highest BCUT2D eigenvalue weighted by Crippen LogP contribution is 2.34. The fraction of sp³-hybridized carbons (Fsp3) is 0.538. The second-order valence-corrected chi connectivity index (χ2v) is 4.67. The topological polar surface area (TPSA) is 39.7 Å². The Morgan fingerprint density at radius 3 is 2.17 bits per heavy atom.